The van der Waals surface area contributed by atoms with Crippen molar-refractivity contribution in [2.45, 2.75) is 58.1 Å². The van der Waals surface area contributed by atoms with E-state index in [2.05, 4.69) is 60.7 Å². The Hall–Kier alpha value is -0.830. The summed E-state index contributed by atoms with van der Waals surface area (Å²) in [7, 11) is -3.17. The van der Waals surface area contributed by atoms with Crippen LogP contribution < -0.4 is 10.6 Å². The highest BCUT2D eigenvalue weighted by molar-refractivity contribution is 14.0. The summed E-state index contributed by atoms with van der Waals surface area (Å²) < 4.78 is 22.8. The molecule has 0 aliphatic rings. The van der Waals surface area contributed by atoms with Crippen molar-refractivity contribution in [1.82, 2.24) is 10.6 Å². The van der Waals surface area contributed by atoms with Crippen LogP contribution in [0.15, 0.2) is 29.3 Å². The van der Waals surface area contributed by atoms with Gasteiger partial charge in [0.25, 0.3) is 0 Å². The minimum absolute atomic E-state index is 0. The quantitative estimate of drug-likeness (QED) is 0.320. The summed E-state index contributed by atoms with van der Waals surface area (Å²) in [6.45, 7) is 13.6. The number of hydrogen-bond donors (Lipinski definition) is 2. The van der Waals surface area contributed by atoms with Crippen molar-refractivity contribution in [3.63, 3.8) is 0 Å². The van der Waals surface area contributed by atoms with Crippen molar-refractivity contribution in [3.8, 4) is 0 Å². The summed E-state index contributed by atoms with van der Waals surface area (Å²) in [5, 5.41) is 6.55. The van der Waals surface area contributed by atoms with Crippen LogP contribution in [0.2, 0.25) is 0 Å². The number of sulfone groups is 1. The van der Waals surface area contributed by atoms with Crippen LogP contribution in [0.1, 0.15) is 52.7 Å². The average molecular weight is 509 g/mol. The van der Waals surface area contributed by atoms with E-state index in [1.807, 2.05) is 6.92 Å². The first-order valence-electron chi connectivity index (χ1n) is 9.24. The van der Waals surface area contributed by atoms with Gasteiger partial charge >= 0.3 is 0 Å². The van der Waals surface area contributed by atoms with E-state index in [0.717, 1.165) is 13.0 Å². The zero-order chi connectivity index (χ0) is 20.0. The monoisotopic (exact) mass is 509 g/mol. The van der Waals surface area contributed by atoms with Crippen LogP contribution in [0.3, 0.4) is 0 Å². The van der Waals surface area contributed by atoms with Crippen molar-refractivity contribution < 1.29 is 8.42 Å². The molecule has 0 aromatic heterocycles. The van der Waals surface area contributed by atoms with Crippen LogP contribution in [0.25, 0.3) is 0 Å². The van der Waals surface area contributed by atoms with Gasteiger partial charge in [0.15, 0.2) is 15.8 Å². The molecule has 0 fully saturated rings. The first-order chi connectivity index (χ1) is 11.9. The van der Waals surface area contributed by atoms with Crippen LogP contribution in [0.4, 0.5) is 0 Å². The van der Waals surface area contributed by atoms with Gasteiger partial charge in [0.05, 0.1) is 11.3 Å². The summed E-state index contributed by atoms with van der Waals surface area (Å²) >= 11 is 0. The molecule has 1 rings (SSSR count). The zero-order valence-corrected chi connectivity index (χ0v) is 20.9. The lowest BCUT2D eigenvalue weighted by atomic mass is 9.84. The third-order valence-corrected chi connectivity index (χ3v) is 6.94. The molecule has 0 unspecified atom stereocenters. The van der Waals surface area contributed by atoms with Gasteiger partial charge in [-0.1, -0.05) is 45.0 Å². The Bertz CT molecular complexity index is 711. The van der Waals surface area contributed by atoms with E-state index in [1.54, 1.807) is 13.8 Å². The van der Waals surface area contributed by atoms with E-state index in [0.29, 0.717) is 12.5 Å². The molecule has 5 nitrogen and oxygen atoms in total. The van der Waals surface area contributed by atoms with Gasteiger partial charge in [-0.05, 0) is 38.3 Å². The number of benzene rings is 1. The summed E-state index contributed by atoms with van der Waals surface area (Å²) in [6.07, 6.45) is 2.29. The fraction of sp³-hybridized carbons (Fsp3) is 0.650. The second-order valence-corrected chi connectivity index (χ2v) is 10.7. The maximum Gasteiger partial charge on any atom is 0.191 e. The number of guanidine groups is 1. The molecule has 0 saturated carbocycles. The van der Waals surface area contributed by atoms with Crippen LogP contribution in [-0.4, -0.2) is 45.0 Å². The Kier molecular flexibility index (Phi) is 10.3. The Balaban J connectivity index is 0.00000676. The number of nitrogens with one attached hydrogen (secondary N) is 2. The SMILES string of the molecule is CCNC(=NCC(C)(C)S(C)(=O)=O)NCC(C)(C)c1ccc(CC)cc1.I. The number of rotatable bonds is 8. The highest BCUT2D eigenvalue weighted by Gasteiger charge is 2.30. The number of aliphatic imine (C=N–C) groups is 1. The lowest BCUT2D eigenvalue weighted by Gasteiger charge is -2.27. The molecule has 0 atom stereocenters. The summed E-state index contributed by atoms with van der Waals surface area (Å²) in [5.41, 5.74) is 2.51. The van der Waals surface area contributed by atoms with Gasteiger partial charge in [0.1, 0.15) is 0 Å². The Morgan fingerprint density at radius 3 is 2.04 bits per heavy atom. The molecule has 2 N–H and O–H groups in total. The van der Waals surface area contributed by atoms with E-state index in [-0.39, 0.29) is 35.9 Å². The molecule has 1 aromatic rings. The Morgan fingerprint density at radius 1 is 1.04 bits per heavy atom. The molecule has 0 saturated heterocycles. The highest BCUT2D eigenvalue weighted by Crippen LogP contribution is 2.23. The predicted octanol–water partition coefficient (Wildman–Crippen LogP) is 3.52. The lowest BCUT2D eigenvalue weighted by molar-refractivity contribution is 0.507. The van der Waals surface area contributed by atoms with Gasteiger partial charge in [-0.3, -0.25) is 4.99 Å². The van der Waals surface area contributed by atoms with Crippen LogP contribution in [0.5, 0.6) is 0 Å². The predicted molar refractivity (Wildman–Crippen MR) is 127 cm³/mol. The smallest absolute Gasteiger partial charge is 0.191 e. The van der Waals surface area contributed by atoms with Gasteiger partial charge < -0.3 is 10.6 Å². The molecule has 27 heavy (non-hydrogen) atoms. The Labute approximate surface area is 182 Å². The van der Waals surface area contributed by atoms with Gasteiger partial charge in [0.2, 0.25) is 0 Å². The highest BCUT2D eigenvalue weighted by atomic mass is 127. The zero-order valence-electron chi connectivity index (χ0n) is 17.7. The normalized spacial score (nSPS) is 13.1. The molecule has 1 aromatic carbocycles. The second-order valence-electron chi connectivity index (χ2n) is 8.01. The van der Waals surface area contributed by atoms with E-state index in [1.165, 1.54) is 17.4 Å². The fourth-order valence-corrected chi connectivity index (χ4v) is 2.63. The topological polar surface area (TPSA) is 70.6 Å². The van der Waals surface area contributed by atoms with Crippen molar-refractivity contribution in [2.24, 2.45) is 4.99 Å². The molecule has 0 heterocycles. The van der Waals surface area contributed by atoms with Gasteiger partial charge in [-0.25, -0.2) is 8.42 Å². The molecule has 0 radical (unpaired) electrons. The third kappa shape index (κ3) is 7.97. The standard InChI is InChI=1S/C20H35N3O2S.HI/c1-8-16-10-12-17(13-11-16)19(3,4)14-22-18(21-9-2)23-15-20(5,6)26(7,24)25;/h10-13H,8-9,14-15H2,1-7H3,(H2,21,22,23);1H. The summed E-state index contributed by atoms with van der Waals surface area (Å²) in [6, 6.07) is 8.70. The molecule has 0 aliphatic heterocycles. The third-order valence-electron chi connectivity index (χ3n) is 4.81. The lowest BCUT2D eigenvalue weighted by Crippen LogP contribution is -2.44. The van der Waals surface area contributed by atoms with E-state index < -0.39 is 14.6 Å². The van der Waals surface area contributed by atoms with Crippen molar-refractivity contribution in [3.05, 3.63) is 35.4 Å². The minimum atomic E-state index is -3.17. The first-order valence-corrected chi connectivity index (χ1v) is 11.1. The number of halogens is 1. The average Bonchev–Trinajstić information content (AvgIpc) is 2.56. The molecular weight excluding hydrogens is 473 g/mol. The maximum atomic E-state index is 11.9. The molecular formula is C20H36IN3O2S. The van der Waals surface area contributed by atoms with Crippen molar-refractivity contribution in [2.75, 3.05) is 25.9 Å². The molecule has 156 valence electrons. The number of aryl methyl sites for hydroxylation is 1. The van der Waals surface area contributed by atoms with E-state index in [4.69, 9.17) is 0 Å². The molecule has 0 spiro atoms. The van der Waals surface area contributed by atoms with E-state index >= 15 is 0 Å². The van der Waals surface area contributed by atoms with Gasteiger partial charge in [-0.2, -0.15) is 0 Å². The Morgan fingerprint density at radius 2 is 1.59 bits per heavy atom. The summed E-state index contributed by atoms with van der Waals surface area (Å²) in [4.78, 5) is 4.49. The minimum Gasteiger partial charge on any atom is -0.357 e. The summed E-state index contributed by atoms with van der Waals surface area (Å²) in [5.74, 6) is 0.641. The van der Waals surface area contributed by atoms with Gasteiger partial charge in [0, 0.05) is 24.8 Å². The maximum absolute atomic E-state index is 11.9. The van der Waals surface area contributed by atoms with E-state index in [9.17, 15) is 8.42 Å². The molecule has 0 amide bonds. The number of nitrogens with zero attached hydrogens (tertiary/aromatic N) is 1. The fourth-order valence-electron chi connectivity index (χ4n) is 2.33. The second kappa shape index (κ2) is 10.6. The molecule has 7 heteroatoms. The van der Waals surface area contributed by atoms with Crippen LogP contribution >= 0.6 is 24.0 Å². The van der Waals surface area contributed by atoms with Gasteiger partial charge in [-0.15, -0.1) is 24.0 Å². The molecule has 0 bridgehead atoms. The van der Waals surface area contributed by atoms with Crippen LogP contribution in [0, 0.1) is 0 Å². The number of hydrogen-bond acceptors (Lipinski definition) is 3. The van der Waals surface area contributed by atoms with Crippen molar-refractivity contribution in [1.29, 1.82) is 0 Å². The van der Waals surface area contributed by atoms with Crippen molar-refractivity contribution >= 4 is 39.8 Å². The first kappa shape index (κ1) is 26.2. The molecule has 0 aliphatic carbocycles. The van der Waals surface area contributed by atoms with Crippen LogP contribution in [-0.2, 0) is 21.7 Å². The largest absolute Gasteiger partial charge is 0.357 e.